The average Bonchev–Trinajstić information content (AvgIpc) is 2.24. The van der Waals surface area contributed by atoms with Crippen LogP contribution < -0.4 is 0 Å². The van der Waals surface area contributed by atoms with Gasteiger partial charge in [0.25, 0.3) is 0 Å². The van der Waals surface area contributed by atoms with Gasteiger partial charge in [-0.3, -0.25) is 4.79 Å². The van der Waals surface area contributed by atoms with E-state index in [1.54, 1.807) is 12.1 Å². The van der Waals surface area contributed by atoms with Crippen molar-refractivity contribution in [2.75, 3.05) is 0 Å². The number of benzene rings is 1. The zero-order valence-corrected chi connectivity index (χ0v) is 10.4. The van der Waals surface area contributed by atoms with Gasteiger partial charge in [0.15, 0.2) is 0 Å². The average molecular weight is 236 g/mol. The van der Waals surface area contributed by atoms with E-state index in [1.807, 2.05) is 12.1 Å². The minimum atomic E-state index is -0.745. The number of aromatic hydroxyl groups is 1. The van der Waals surface area contributed by atoms with E-state index >= 15 is 0 Å². The fourth-order valence-electron chi connectivity index (χ4n) is 2.02. The second-order valence-corrected chi connectivity index (χ2v) is 5.00. The highest BCUT2D eigenvalue weighted by Gasteiger charge is 2.22. The number of carboxylic acid groups (broad SMARTS) is 1. The smallest absolute Gasteiger partial charge is 0.303 e. The number of unbranched alkanes of at least 4 members (excludes halogenated alkanes) is 1. The third-order valence-electron chi connectivity index (χ3n) is 3.08. The Labute approximate surface area is 102 Å². The molecule has 0 fully saturated rings. The van der Waals surface area contributed by atoms with Gasteiger partial charge < -0.3 is 10.2 Å². The summed E-state index contributed by atoms with van der Waals surface area (Å²) in [5, 5.41) is 18.4. The molecule has 1 aromatic rings. The van der Waals surface area contributed by atoms with Crippen LogP contribution in [0.4, 0.5) is 0 Å². The van der Waals surface area contributed by atoms with E-state index in [0.717, 1.165) is 18.4 Å². The Kier molecular flexibility index (Phi) is 4.55. The number of hydrogen-bond donors (Lipinski definition) is 2. The molecule has 0 unspecified atom stereocenters. The molecule has 0 amide bonds. The zero-order valence-electron chi connectivity index (χ0n) is 10.4. The Morgan fingerprint density at radius 2 is 1.88 bits per heavy atom. The molecule has 0 bridgehead atoms. The fraction of sp³-hybridized carbons (Fsp3) is 0.500. The van der Waals surface area contributed by atoms with E-state index in [9.17, 15) is 9.90 Å². The van der Waals surface area contributed by atoms with E-state index in [1.165, 1.54) is 0 Å². The molecule has 17 heavy (non-hydrogen) atoms. The molecular formula is C14H20O3. The highest BCUT2D eigenvalue weighted by atomic mass is 16.4. The standard InChI is InChI=1S/C14H20O3/c1-14(2,10-6-5-9-13(16)17)11-7-3-4-8-12(11)15/h3-4,7-8,15H,5-6,9-10H2,1-2H3,(H,16,17). The summed E-state index contributed by atoms with van der Waals surface area (Å²) in [4.78, 5) is 10.4. The maximum absolute atomic E-state index is 10.4. The van der Waals surface area contributed by atoms with Crippen LogP contribution >= 0.6 is 0 Å². The third-order valence-corrected chi connectivity index (χ3v) is 3.08. The lowest BCUT2D eigenvalue weighted by Gasteiger charge is -2.26. The molecular weight excluding hydrogens is 216 g/mol. The van der Waals surface area contributed by atoms with Crippen LogP contribution in [0.5, 0.6) is 5.75 Å². The predicted molar refractivity (Wildman–Crippen MR) is 67.2 cm³/mol. The quantitative estimate of drug-likeness (QED) is 0.745. The van der Waals surface area contributed by atoms with Gasteiger partial charge in [-0.25, -0.2) is 0 Å². The van der Waals surface area contributed by atoms with Gasteiger partial charge in [-0.15, -0.1) is 0 Å². The molecule has 0 spiro atoms. The maximum atomic E-state index is 10.4. The Morgan fingerprint density at radius 3 is 2.47 bits per heavy atom. The molecule has 0 heterocycles. The van der Waals surface area contributed by atoms with Crippen LogP contribution in [0.15, 0.2) is 24.3 Å². The number of hydrogen-bond acceptors (Lipinski definition) is 2. The largest absolute Gasteiger partial charge is 0.508 e. The molecule has 0 atom stereocenters. The molecule has 0 radical (unpaired) electrons. The molecule has 0 aliphatic carbocycles. The van der Waals surface area contributed by atoms with Crippen LogP contribution in [0.25, 0.3) is 0 Å². The van der Waals surface area contributed by atoms with Crippen molar-refractivity contribution in [1.82, 2.24) is 0 Å². The minimum absolute atomic E-state index is 0.121. The van der Waals surface area contributed by atoms with Gasteiger partial charge in [0.1, 0.15) is 5.75 Å². The first-order chi connectivity index (χ1) is 7.93. The second kappa shape index (κ2) is 5.71. The summed E-state index contributed by atoms with van der Waals surface area (Å²) in [5.41, 5.74) is 0.805. The summed E-state index contributed by atoms with van der Waals surface area (Å²) >= 11 is 0. The lowest BCUT2D eigenvalue weighted by atomic mass is 9.79. The first-order valence-electron chi connectivity index (χ1n) is 5.94. The lowest BCUT2D eigenvalue weighted by Crippen LogP contribution is -2.17. The van der Waals surface area contributed by atoms with E-state index in [4.69, 9.17) is 5.11 Å². The van der Waals surface area contributed by atoms with Gasteiger partial charge in [0, 0.05) is 6.42 Å². The summed E-state index contributed by atoms with van der Waals surface area (Å²) in [5.74, 6) is -0.430. The molecule has 0 saturated heterocycles. The molecule has 0 saturated carbocycles. The lowest BCUT2D eigenvalue weighted by molar-refractivity contribution is -0.137. The molecule has 0 aliphatic rings. The van der Waals surface area contributed by atoms with Gasteiger partial charge in [0.05, 0.1) is 0 Å². The molecule has 3 nitrogen and oxygen atoms in total. The SMILES string of the molecule is CC(C)(CCCCC(=O)O)c1ccccc1O. The third kappa shape index (κ3) is 4.10. The summed E-state index contributed by atoms with van der Waals surface area (Å²) in [7, 11) is 0. The van der Waals surface area contributed by atoms with Crippen molar-refractivity contribution < 1.29 is 15.0 Å². The van der Waals surface area contributed by atoms with Crippen molar-refractivity contribution in [2.45, 2.75) is 44.9 Å². The van der Waals surface area contributed by atoms with Gasteiger partial charge in [0.2, 0.25) is 0 Å². The number of para-hydroxylation sites is 1. The fourth-order valence-corrected chi connectivity index (χ4v) is 2.02. The van der Waals surface area contributed by atoms with Crippen LogP contribution in [0.3, 0.4) is 0 Å². The summed E-state index contributed by atoms with van der Waals surface area (Å²) in [6.45, 7) is 4.14. The maximum Gasteiger partial charge on any atom is 0.303 e. The van der Waals surface area contributed by atoms with Crippen LogP contribution in [0.2, 0.25) is 0 Å². The number of carboxylic acids is 1. The summed E-state index contributed by atoms with van der Waals surface area (Å²) in [6.07, 6.45) is 2.63. The summed E-state index contributed by atoms with van der Waals surface area (Å²) in [6, 6.07) is 7.33. The molecule has 1 aromatic carbocycles. The Balaban J connectivity index is 2.57. The number of phenolic OH excluding ortho intramolecular Hbond substituents is 1. The van der Waals surface area contributed by atoms with Gasteiger partial charge in [-0.2, -0.15) is 0 Å². The Morgan fingerprint density at radius 1 is 1.24 bits per heavy atom. The monoisotopic (exact) mass is 236 g/mol. The number of phenols is 1. The first-order valence-corrected chi connectivity index (χ1v) is 5.94. The van der Waals surface area contributed by atoms with Crippen molar-refractivity contribution in [3.63, 3.8) is 0 Å². The molecule has 2 N–H and O–H groups in total. The number of aliphatic carboxylic acids is 1. The van der Waals surface area contributed by atoms with Gasteiger partial charge in [-0.1, -0.05) is 38.5 Å². The number of rotatable bonds is 6. The van der Waals surface area contributed by atoms with Crippen LogP contribution in [-0.2, 0) is 10.2 Å². The van der Waals surface area contributed by atoms with Gasteiger partial charge >= 0.3 is 5.97 Å². The highest BCUT2D eigenvalue weighted by Crippen LogP contribution is 2.34. The van der Waals surface area contributed by atoms with Crippen molar-refractivity contribution in [1.29, 1.82) is 0 Å². The van der Waals surface area contributed by atoms with Crippen LogP contribution in [-0.4, -0.2) is 16.2 Å². The van der Waals surface area contributed by atoms with Crippen LogP contribution in [0.1, 0.15) is 45.1 Å². The van der Waals surface area contributed by atoms with E-state index < -0.39 is 5.97 Å². The van der Waals surface area contributed by atoms with Crippen molar-refractivity contribution in [3.8, 4) is 5.75 Å². The van der Waals surface area contributed by atoms with Gasteiger partial charge in [-0.05, 0) is 29.9 Å². The zero-order chi connectivity index (χ0) is 12.9. The van der Waals surface area contributed by atoms with Crippen molar-refractivity contribution >= 4 is 5.97 Å². The topological polar surface area (TPSA) is 57.5 Å². The molecule has 0 aromatic heterocycles. The first kappa shape index (κ1) is 13.6. The van der Waals surface area contributed by atoms with Crippen LogP contribution in [0, 0.1) is 0 Å². The molecule has 3 heteroatoms. The molecule has 94 valence electrons. The van der Waals surface area contributed by atoms with E-state index in [0.29, 0.717) is 12.2 Å². The Hall–Kier alpha value is -1.51. The Bertz CT molecular complexity index is 383. The van der Waals surface area contributed by atoms with E-state index in [2.05, 4.69) is 13.8 Å². The van der Waals surface area contributed by atoms with E-state index in [-0.39, 0.29) is 11.8 Å². The minimum Gasteiger partial charge on any atom is -0.508 e. The highest BCUT2D eigenvalue weighted by molar-refractivity contribution is 5.66. The summed E-state index contributed by atoms with van der Waals surface area (Å²) < 4.78 is 0. The number of carbonyl (C=O) groups is 1. The molecule has 0 aliphatic heterocycles. The van der Waals surface area contributed by atoms with Crippen molar-refractivity contribution in [3.05, 3.63) is 29.8 Å². The predicted octanol–water partition coefficient (Wildman–Crippen LogP) is 3.31. The normalized spacial score (nSPS) is 11.4. The van der Waals surface area contributed by atoms with Crippen molar-refractivity contribution in [2.24, 2.45) is 0 Å². The molecule has 1 rings (SSSR count). The second-order valence-electron chi connectivity index (χ2n) is 5.00.